The number of benzene rings is 1. The van der Waals surface area contributed by atoms with E-state index in [2.05, 4.69) is 23.7 Å². The van der Waals surface area contributed by atoms with Crippen molar-refractivity contribution < 1.29 is 9.90 Å². The van der Waals surface area contributed by atoms with E-state index in [-0.39, 0.29) is 10.6 Å². The lowest BCUT2D eigenvalue weighted by atomic mass is 9.85. The molecule has 2 atom stereocenters. The number of rotatable bonds is 3. The van der Waals surface area contributed by atoms with Gasteiger partial charge in [0, 0.05) is 11.9 Å². The SMILES string of the molecule is CC(C)C1CCN(c2ccc3c(C(=O)O)c(Cl)ccc3n2)C1(C)N. The van der Waals surface area contributed by atoms with Crippen LogP contribution in [0.1, 0.15) is 37.6 Å². The summed E-state index contributed by atoms with van der Waals surface area (Å²) in [5.74, 6) is 0.594. The molecular formula is C18H22ClN3O2. The van der Waals surface area contributed by atoms with Crippen molar-refractivity contribution in [1.29, 1.82) is 0 Å². The number of carboxylic acid groups (broad SMARTS) is 1. The number of aromatic carboxylic acids is 1. The number of hydrogen-bond acceptors (Lipinski definition) is 4. The Hall–Kier alpha value is -1.85. The molecule has 0 bridgehead atoms. The molecule has 1 aliphatic rings. The number of pyridine rings is 1. The number of hydrogen-bond donors (Lipinski definition) is 2. The summed E-state index contributed by atoms with van der Waals surface area (Å²) in [5.41, 5.74) is 6.84. The highest BCUT2D eigenvalue weighted by molar-refractivity contribution is 6.35. The fraction of sp³-hybridized carbons (Fsp3) is 0.444. The first-order valence-corrected chi connectivity index (χ1v) is 8.50. The van der Waals surface area contributed by atoms with Crippen LogP contribution in [-0.2, 0) is 0 Å². The standard InChI is InChI=1S/C18H22ClN3O2/c1-10(2)12-8-9-22(18(12,3)20)15-7-4-11-14(21-15)6-5-13(19)16(11)17(23)24/h4-7,10,12H,8-9,20H2,1-3H3,(H,23,24). The highest BCUT2D eigenvalue weighted by Gasteiger charge is 2.43. The molecule has 3 N–H and O–H groups in total. The number of carbonyl (C=O) groups is 1. The number of nitrogens with zero attached hydrogens (tertiary/aromatic N) is 2. The Morgan fingerprint density at radius 3 is 2.71 bits per heavy atom. The van der Waals surface area contributed by atoms with E-state index in [1.54, 1.807) is 18.2 Å². The van der Waals surface area contributed by atoms with E-state index >= 15 is 0 Å². The zero-order valence-corrected chi connectivity index (χ0v) is 14.8. The Labute approximate surface area is 146 Å². The monoisotopic (exact) mass is 347 g/mol. The van der Waals surface area contributed by atoms with Gasteiger partial charge in [-0.1, -0.05) is 25.4 Å². The van der Waals surface area contributed by atoms with Crippen LogP contribution in [0.3, 0.4) is 0 Å². The maximum absolute atomic E-state index is 11.5. The van der Waals surface area contributed by atoms with Gasteiger partial charge in [-0.2, -0.15) is 0 Å². The van der Waals surface area contributed by atoms with E-state index in [9.17, 15) is 9.90 Å². The number of nitrogens with two attached hydrogens (primary N) is 1. The molecule has 0 radical (unpaired) electrons. The van der Waals surface area contributed by atoms with Crippen molar-refractivity contribution in [3.05, 3.63) is 34.9 Å². The first kappa shape index (κ1) is 17.0. The van der Waals surface area contributed by atoms with Gasteiger partial charge in [0.2, 0.25) is 0 Å². The van der Waals surface area contributed by atoms with Gasteiger partial charge in [-0.05, 0) is 49.4 Å². The first-order chi connectivity index (χ1) is 11.2. The van der Waals surface area contributed by atoms with Gasteiger partial charge in [-0.15, -0.1) is 0 Å². The lowest BCUT2D eigenvalue weighted by Crippen LogP contribution is -2.55. The molecule has 0 spiro atoms. The summed E-state index contributed by atoms with van der Waals surface area (Å²) in [7, 11) is 0. The van der Waals surface area contributed by atoms with Gasteiger partial charge in [-0.25, -0.2) is 9.78 Å². The quantitative estimate of drug-likeness (QED) is 0.884. The highest BCUT2D eigenvalue weighted by Crippen LogP contribution is 2.39. The van der Waals surface area contributed by atoms with Crippen LogP contribution < -0.4 is 10.6 Å². The van der Waals surface area contributed by atoms with Crippen molar-refractivity contribution in [2.75, 3.05) is 11.4 Å². The average Bonchev–Trinajstić information content (AvgIpc) is 2.81. The van der Waals surface area contributed by atoms with Crippen LogP contribution in [0.15, 0.2) is 24.3 Å². The van der Waals surface area contributed by atoms with E-state index < -0.39 is 11.6 Å². The molecule has 2 unspecified atom stereocenters. The number of aromatic nitrogens is 1. The third-order valence-electron chi connectivity index (χ3n) is 5.10. The Balaban J connectivity index is 2.07. The molecule has 3 rings (SSSR count). The van der Waals surface area contributed by atoms with Gasteiger partial charge in [0.15, 0.2) is 0 Å². The van der Waals surface area contributed by atoms with Gasteiger partial charge in [-0.3, -0.25) is 0 Å². The van der Waals surface area contributed by atoms with Gasteiger partial charge in [0.1, 0.15) is 5.82 Å². The lowest BCUT2D eigenvalue weighted by molar-refractivity contribution is 0.0699. The summed E-state index contributed by atoms with van der Waals surface area (Å²) in [6.07, 6.45) is 1.02. The van der Waals surface area contributed by atoms with Gasteiger partial charge >= 0.3 is 5.97 Å². The summed E-state index contributed by atoms with van der Waals surface area (Å²) in [6.45, 7) is 7.26. The van der Waals surface area contributed by atoms with Crippen molar-refractivity contribution >= 4 is 34.3 Å². The van der Waals surface area contributed by atoms with Gasteiger partial charge in [0.05, 0.1) is 21.8 Å². The van der Waals surface area contributed by atoms with Gasteiger partial charge < -0.3 is 15.7 Å². The molecule has 0 aliphatic carbocycles. The number of halogens is 1. The minimum atomic E-state index is -1.05. The third-order valence-corrected chi connectivity index (χ3v) is 5.41. The zero-order chi connectivity index (χ0) is 17.6. The highest BCUT2D eigenvalue weighted by atomic mass is 35.5. The number of fused-ring (bicyclic) bond motifs is 1. The lowest BCUT2D eigenvalue weighted by Gasteiger charge is -2.38. The first-order valence-electron chi connectivity index (χ1n) is 8.12. The molecule has 128 valence electrons. The van der Waals surface area contributed by atoms with E-state index in [1.807, 2.05) is 13.0 Å². The molecule has 1 aliphatic heterocycles. The van der Waals surface area contributed by atoms with Crippen LogP contribution in [0.25, 0.3) is 10.9 Å². The number of anilines is 1. The van der Waals surface area contributed by atoms with Crippen molar-refractivity contribution in [1.82, 2.24) is 4.98 Å². The normalized spacial score (nSPS) is 24.1. The summed E-state index contributed by atoms with van der Waals surface area (Å²) in [4.78, 5) is 18.2. The van der Waals surface area contributed by atoms with Gasteiger partial charge in [0.25, 0.3) is 0 Å². The maximum atomic E-state index is 11.5. The van der Waals surface area contributed by atoms with Crippen molar-refractivity contribution in [3.8, 4) is 0 Å². The maximum Gasteiger partial charge on any atom is 0.337 e. The molecule has 6 heteroatoms. The topological polar surface area (TPSA) is 79.5 Å². The zero-order valence-electron chi connectivity index (χ0n) is 14.1. The van der Waals surface area contributed by atoms with Crippen LogP contribution in [-0.4, -0.2) is 28.3 Å². The summed E-state index contributed by atoms with van der Waals surface area (Å²) >= 11 is 6.03. The Bertz CT molecular complexity index is 804. The molecule has 1 fully saturated rings. The minimum Gasteiger partial charge on any atom is -0.478 e. The Morgan fingerprint density at radius 2 is 2.12 bits per heavy atom. The fourth-order valence-corrected chi connectivity index (χ4v) is 4.15. The van der Waals surface area contributed by atoms with Crippen molar-refractivity contribution in [2.45, 2.75) is 32.9 Å². The molecule has 0 amide bonds. The molecule has 24 heavy (non-hydrogen) atoms. The summed E-state index contributed by atoms with van der Waals surface area (Å²) < 4.78 is 0. The average molecular weight is 348 g/mol. The molecule has 0 saturated carbocycles. The van der Waals surface area contributed by atoms with Crippen LogP contribution in [0, 0.1) is 11.8 Å². The van der Waals surface area contributed by atoms with Crippen LogP contribution in [0.5, 0.6) is 0 Å². The predicted octanol–water partition coefficient (Wildman–Crippen LogP) is 3.74. The predicted molar refractivity (Wildman–Crippen MR) is 96.6 cm³/mol. The largest absolute Gasteiger partial charge is 0.478 e. The third kappa shape index (κ3) is 2.62. The molecule has 2 aromatic rings. The van der Waals surface area contributed by atoms with Crippen molar-refractivity contribution in [3.63, 3.8) is 0 Å². The van der Waals surface area contributed by atoms with Crippen molar-refractivity contribution in [2.24, 2.45) is 17.6 Å². The minimum absolute atomic E-state index is 0.0882. The van der Waals surface area contributed by atoms with Crippen LogP contribution >= 0.6 is 11.6 Å². The van der Waals surface area contributed by atoms with Crippen LogP contribution in [0.4, 0.5) is 5.82 Å². The second kappa shape index (κ2) is 5.90. The molecular weight excluding hydrogens is 326 g/mol. The van der Waals surface area contributed by atoms with E-state index in [0.717, 1.165) is 18.8 Å². The second-order valence-corrected chi connectivity index (χ2v) is 7.39. The fourth-order valence-electron chi connectivity index (χ4n) is 3.91. The van der Waals surface area contributed by atoms with E-state index in [1.165, 1.54) is 0 Å². The Kier molecular flexibility index (Phi) is 4.18. The Morgan fingerprint density at radius 1 is 1.42 bits per heavy atom. The van der Waals surface area contributed by atoms with Crippen LogP contribution in [0.2, 0.25) is 5.02 Å². The smallest absolute Gasteiger partial charge is 0.337 e. The van der Waals surface area contributed by atoms with E-state index in [4.69, 9.17) is 17.3 Å². The molecule has 2 heterocycles. The molecule has 1 aromatic heterocycles. The molecule has 1 saturated heterocycles. The van der Waals surface area contributed by atoms with E-state index in [0.29, 0.717) is 22.7 Å². The summed E-state index contributed by atoms with van der Waals surface area (Å²) in [5, 5.41) is 10.1. The second-order valence-electron chi connectivity index (χ2n) is 6.98. The summed E-state index contributed by atoms with van der Waals surface area (Å²) in [6, 6.07) is 6.93. The molecule has 5 nitrogen and oxygen atoms in total. The number of carboxylic acids is 1. The molecule has 1 aromatic carbocycles.